The summed E-state index contributed by atoms with van der Waals surface area (Å²) in [7, 11) is 0. The number of hydrogen-bond acceptors (Lipinski definition) is 3. The predicted molar refractivity (Wildman–Crippen MR) is 78.0 cm³/mol. The van der Waals surface area contributed by atoms with Gasteiger partial charge in [-0.2, -0.15) is 0 Å². The van der Waals surface area contributed by atoms with E-state index in [0.29, 0.717) is 13.0 Å². The topological polar surface area (TPSA) is 66.8 Å². The molecule has 1 N–H and O–H groups in total. The fourth-order valence-corrected chi connectivity index (χ4v) is 2.51. The molecule has 1 aliphatic rings. The number of carboxylic acids is 1. The summed E-state index contributed by atoms with van der Waals surface area (Å²) in [4.78, 5) is 25.0. The van der Waals surface area contributed by atoms with E-state index in [2.05, 4.69) is 0 Å². The maximum Gasteiger partial charge on any atom is 0.334 e. The first-order valence-electron chi connectivity index (χ1n) is 7.08. The van der Waals surface area contributed by atoms with Gasteiger partial charge >= 0.3 is 5.97 Å². The van der Waals surface area contributed by atoms with Crippen LogP contribution in [0, 0.1) is 0 Å². The minimum Gasteiger partial charge on any atom is -0.479 e. The van der Waals surface area contributed by atoms with Crippen LogP contribution in [0.2, 0.25) is 0 Å². The third kappa shape index (κ3) is 3.82. The highest BCUT2D eigenvalue weighted by Gasteiger charge is 2.32. The zero-order valence-electron chi connectivity index (χ0n) is 12.4. The van der Waals surface area contributed by atoms with Crippen molar-refractivity contribution >= 4 is 11.9 Å². The van der Waals surface area contributed by atoms with E-state index in [1.807, 2.05) is 44.2 Å². The molecule has 5 heteroatoms. The Morgan fingerprint density at radius 1 is 1.33 bits per heavy atom. The van der Waals surface area contributed by atoms with Gasteiger partial charge in [-0.05, 0) is 11.0 Å². The molecule has 1 amide bonds. The van der Waals surface area contributed by atoms with Gasteiger partial charge in [0.15, 0.2) is 6.10 Å². The Labute approximate surface area is 124 Å². The largest absolute Gasteiger partial charge is 0.479 e. The summed E-state index contributed by atoms with van der Waals surface area (Å²) < 4.78 is 5.14. The van der Waals surface area contributed by atoms with E-state index >= 15 is 0 Å². The summed E-state index contributed by atoms with van der Waals surface area (Å²) in [6.45, 7) is 4.89. The number of carboxylic acid groups (broad SMARTS) is 1. The van der Waals surface area contributed by atoms with Gasteiger partial charge in [-0.15, -0.1) is 0 Å². The molecule has 1 atom stereocenters. The van der Waals surface area contributed by atoms with Crippen molar-refractivity contribution in [1.29, 1.82) is 0 Å². The Balaban J connectivity index is 2.02. The van der Waals surface area contributed by atoms with Crippen LogP contribution in [-0.2, 0) is 19.7 Å². The highest BCUT2D eigenvalue weighted by molar-refractivity contribution is 5.79. The van der Waals surface area contributed by atoms with Gasteiger partial charge in [0.25, 0.3) is 0 Å². The van der Waals surface area contributed by atoms with Crippen LogP contribution >= 0.6 is 0 Å². The van der Waals surface area contributed by atoms with Crippen molar-refractivity contribution < 1.29 is 19.4 Å². The SMILES string of the molecule is CC(C)(CC(=O)N1CCOC(C(=O)O)C1)c1ccccc1. The molecule has 1 aromatic rings. The summed E-state index contributed by atoms with van der Waals surface area (Å²) in [5.41, 5.74) is 0.816. The third-order valence-corrected chi connectivity index (χ3v) is 3.84. The Bertz CT molecular complexity index is 512. The van der Waals surface area contributed by atoms with Gasteiger partial charge in [-0.3, -0.25) is 4.79 Å². The number of nitrogens with zero attached hydrogens (tertiary/aromatic N) is 1. The quantitative estimate of drug-likeness (QED) is 0.916. The lowest BCUT2D eigenvalue weighted by atomic mass is 9.81. The summed E-state index contributed by atoms with van der Waals surface area (Å²) >= 11 is 0. The number of rotatable bonds is 4. The second kappa shape index (κ2) is 6.26. The van der Waals surface area contributed by atoms with Crippen molar-refractivity contribution in [3.05, 3.63) is 35.9 Å². The molecule has 0 spiro atoms. The van der Waals surface area contributed by atoms with Crippen LogP contribution in [0.4, 0.5) is 0 Å². The van der Waals surface area contributed by atoms with Crippen molar-refractivity contribution in [3.8, 4) is 0 Å². The van der Waals surface area contributed by atoms with Crippen LogP contribution in [0.25, 0.3) is 0 Å². The number of carbonyl (C=O) groups is 2. The molecular weight excluding hydrogens is 270 g/mol. The molecule has 0 aromatic heterocycles. The van der Waals surface area contributed by atoms with E-state index in [1.165, 1.54) is 0 Å². The molecule has 1 heterocycles. The van der Waals surface area contributed by atoms with Crippen LogP contribution in [-0.4, -0.2) is 47.7 Å². The minimum absolute atomic E-state index is 0.0293. The van der Waals surface area contributed by atoms with Gasteiger partial charge in [0.1, 0.15) is 0 Å². The standard InChI is InChI=1S/C16H21NO4/c1-16(2,12-6-4-3-5-7-12)10-14(18)17-8-9-21-13(11-17)15(19)20/h3-7,13H,8-11H2,1-2H3,(H,19,20). The predicted octanol–water partition coefficient (Wildman–Crippen LogP) is 1.67. The fraction of sp³-hybridized carbons (Fsp3) is 0.500. The molecule has 1 unspecified atom stereocenters. The lowest BCUT2D eigenvalue weighted by Gasteiger charge is -2.34. The van der Waals surface area contributed by atoms with Gasteiger partial charge < -0.3 is 14.7 Å². The second-order valence-corrected chi connectivity index (χ2v) is 5.96. The van der Waals surface area contributed by atoms with Crippen LogP contribution in [0.3, 0.4) is 0 Å². The molecule has 1 fully saturated rings. The van der Waals surface area contributed by atoms with Crippen molar-refractivity contribution in [2.75, 3.05) is 19.7 Å². The zero-order valence-corrected chi connectivity index (χ0v) is 12.4. The first-order chi connectivity index (χ1) is 9.90. The molecule has 0 saturated carbocycles. The summed E-state index contributed by atoms with van der Waals surface area (Å²) in [5.74, 6) is -1.05. The van der Waals surface area contributed by atoms with Crippen LogP contribution in [0.1, 0.15) is 25.8 Å². The van der Waals surface area contributed by atoms with Gasteiger partial charge in [0, 0.05) is 13.0 Å². The van der Waals surface area contributed by atoms with Gasteiger partial charge in [0.2, 0.25) is 5.91 Å². The lowest BCUT2D eigenvalue weighted by Crippen LogP contribution is -2.49. The van der Waals surface area contributed by atoms with Crippen molar-refractivity contribution in [2.45, 2.75) is 31.8 Å². The molecular formula is C16H21NO4. The van der Waals surface area contributed by atoms with E-state index in [0.717, 1.165) is 5.56 Å². The number of carbonyl (C=O) groups excluding carboxylic acids is 1. The second-order valence-electron chi connectivity index (χ2n) is 5.96. The van der Waals surface area contributed by atoms with Crippen molar-refractivity contribution in [3.63, 3.8) is 0 Å². The molecule has 5 nitrogen and oxygen atoms in total. The number of morpholine rings is 1. The monoisotopic (exact) mass is 291 g/mol. The van der Waals surface area contributed by atoms with E-state index in [1.54, 1.807) is 4.90 Å². The molecule has 114 valence electrons. The van der Waals surface area contributed by atoms with Crippen LogP contribution < -0.4 is 0 Å². The minimum atomic E-state index is -1.02. The number of amides is 1. The molecule has 0 bridgehead atoms. The molecule has 1 saturated heterocycles. The van der Waals surface area contributed by atoms with Gasteiger partial charge in [0.05, 0.1) is 13.2 Å². The molecule has 0 aliphatic carbocycles. The first-order valence-corrected chi connectivity index (χ1v) is 7.08. The fourth-order valence-electron chi connectivity index (χ4n) is 2.51. The van der Waals surface area contributed by atoms with E-state index in [-0.39, 0.29) is 24.5 Å². The average Bonchev–Trinajstić information content (AvgIpc) is 2.48. The molecule has 21 heavy (non-hydrogen) atoms. The van der Waals surface area contributed by atoms with Crippen molar-refractivity contribution in [1.82, 2.24) is 4.90 Å². The maximum atomic E-state index is 12.4. The summed E-state index contributed by atoms with van der Waals surface area (Å²) in [6.07, 6.45) is -0.564. The highest BCUT2D eigenvalue weighted by atomic mass is 16.5. The molecule has 2 rings (SSSR count). The Morgan fingerprint density at radius 3 is 2.62 bits per heavy atom. The third-order valence-electron chi connectivity index (χ3n) is 3.84. The Morgan fingerprint density at radius 2 is 2.00 bits per heavy atom. The number of aliphatic carboxylic acids is 1. The maximum absolute atomic E-state index is 12.4. The molecule has 1 aromatic carbocycles. The van der Waals surface area contributed by atoms with E-state index < -0.39 is 12.1 Å². The Kier molecular flexibility index (Phi) is 4.63. The summed E-state index contributed by atoms with van der Waals surface area (Å²) in [6, 6.07) is 9.87. The first kappa shape index (κ1) is 15.5. The van der Waals surface area contributed by atoms with Crippen LogP contribution in [0.15, 0.2) is 30.3 Å². The van der Waals surface area contributed by atoms with Crippen LogP contribution in [0.5, 0.6) is 0 Å². The summed E-state index contributed by atoms with van der Waals surface area (Å²) in [5, 5.41) is 8.99. The number of ether oxygens (including phenoxy) is 1. The van der Waals surface area contributed by atoms with E-state index in [9.17, 15) is 9.59 Å². The normalized spacial score (nSPS) is 19.3. The lowest BCUT2D eigenvalue weighted by molar-refractivity contribution is -0.159. The average molecular weight is 291 g/mol. The molecule has 0 radical (unpaired) electrons. The van der Waals surface area contributed by atoms with E-state index in [4.69, 9.17) is 9.84 Å². The smallest absolute Gasteiger partial charge is 0.334 e. The Hall–Kier alpha value is -1.88. The highest BCUT2D eigenvalue weighted by Crippen LogP contribution is 2.27. The van der Waals surface area contributed by atoms with Crippen molar-refractivity contribution in [2.24, 2.45) is 0 Å². The van der Waals surface area contributed by atoms with Gasteiger partial charge in [-0.25, -0.2) is 4.79 Å². The molecule has 1 aliphatic heterocycles. The van der Waals surface area contributed by atoms with Gasteiger partial charge in [-0.1, -0.05) is 44.2 Å². The zero-order chi connectivity index (χ0) is 15.5. The number of hydrogen-bond donors (Lipinski definition) is 1. The number of benzene rings is 1.